The summed E-state index contributed by atoms with van der Waals surface area (Å²) >= 11 is 0. The maximum Gasteiger partial charge on any atom is 0.238 e. The Balaban J connectivity index is 1.98. The molecule has 16 heavy (non-hydrogen) atoms. The number of allylic oxidation sites excluding steroid dienone is 2. The second kappa shape index (κ2) is 3.30. The molecule has 2 amide bonds. The Bertz CT molecular complexity index is 438. The SMILES string of the molecule is O=C1[C@H]2CC=CC[C@H]2C(=O)N1c1cn[nH]c1. The van der Waals surface area contributed by atoms with Crippen molar-refractivity contribution in [2.45, 2.75) is 12.8 Å². The van der Waals surface area contributed by atoms with Gasteiger partial charge in [0.2, 0.25) is 11.8 Å². The first-order valence-electron chi connectivity index (χ1n) is 5.30. The van der Waals surface area contributed by atoms with Gasteiger partial charge in [0, 0.05) is 6.20 Å². The standard InChI is InChI=1S/C11H11N3O2/c15-10-8-3-1-2-4-9(8)11(16)14(10)7-5-12-13-6-7/h1-2,5-6,8-9H,3-4H2,(H,12,13)/t8-,9+. The molecular weight excluding hydrogens is 206 g/mol. The number of anilines is 1. The molecule has 0 radical (unpaired) electrons. The number of H-pyrrole nitrogens is 1. The predicted molar refractivity (Wildman–Crippen MR) is 56.4 cm³/mol. The predicted octanol–water partition coefficient (Wildman–Crippen LogP) is 0.865. The summed E-state index contributed by atoms with van der Waals surface area (Å²) in [6.07, 6.45) is 8.37. The third-order valence-electron chi connectivity index (χ3n) is 3.25. The number of fused-ring (bicyclic) bond motifs is 1. The van der Waals surface area contributed by atoms with E-state index in [4.69, 9.17) is 0 Å². The topological polar surface area (TPSA) is 66.1 Å². The van der Waals surface area contributed by atoms with Crippen LogP contribution in [-0.4, -0.2) is 22.0 Å². The van der Waals surface area contributed by atoms with E-state index < -0.39 is 0 Å². The minimum Gasteiger partial charge on any atom is -0.284 e. The lowest BCUT2D eigenvalue weighted by Crippen LogP contribution is -2.30. The fourth-order valence-corrected chi connectivity index (χ4v) is 2.42. The number of hydrogen-bond acceptors (Lipinski definition) is 3. The molecule has 2 aliphatic rings. The normalized spacial score (nSPS) is 28.6. The van der Waals surface area contributed by atoms with E-state index in [-0.39, 0.29) is 23.7 Å². The number of aromatic amines is 1. The van der Waals surface area contributed by atoms with Gasteiger partial charge in [-0.25, -0.2) is 4.90 Å². The number of amides is 2. The second-order valence-electron chi connectivity index (χ2n) is 4.12. The van der Waals surface area contributed by atoms with Gasteiger partial charge in [-0.15, -0.1) is 0 Å². The van der Waals surface area contributed by atoms with Crippen molar-refractivity contribution in [2.24, 2.45) is 11.8 Å². The summed E-state index contributed by atoms with van der Waals surface area (Å²) in [6, 6.07) is 0. The van der Waals surface area contributed by atoms with Crippen molar-refractivity contribution in [3.8, 4) is 0 Å². The maximum atomic E-state index is 12.1. The van der Waals surface area contributed by atoms with Gasteiger partial charge in [0.15, 0.2) is 0 Å². The van der Waals surface area contributed by atoms with Crippen LogP contribution >= 0.6 is 0 Å². The van der Waals surface area contributed by atoms with E-state index in [1.54, 1.807) is 6.20 Å². The van der Waals surface area contributed by atoms with Crippen LogP contribution in [-0.2, 0) is 9.59 Å². The Morgan fingerprint density at radius 3 is 2.31 bits per heavy atom. The monoisotopic (exact) mass is 217 g/mol. The molecule has 0 saturated carbocycles. The molecule has 5 nitrogen and oxygen atoms in total. The van der Waals surface area contributed by atoms with E-state index >= 15 is 0 Å². The van der Waals surface area contributed by atoms with E-state index in [0.717, 1.165) is 0 Å². The summed E-state index contributed by atoms with van der Waals surface area (Å²) in [5.41, 5.74) is 0.546. The number of aromatic nitrogens is 2. The molecule has 82 valence electrons. The molecule has 5 heteroatoms. The highest BCUT2D eigenvalue weighted by atomic mass is 16.2. The first-order chi connectivity index (χ1) is 7.79. The molecule has 1 aromatic heterocycles. The van der Waals surface area contributed by atoms with Gasteiger partial charge in [-0.05, 0) is 12.8 Å². The lowest BCUT2D eigenvalue weighted by Gasteiger charge is -2.14. The molecule has 1 fully saturated rings. The summed E-state index contributed by atoms with van der Waals surface area (Å²) in [5.74, 6) is -0.540. The summed E-state index contributed by atoms with van der Waals surface area (Å²) in [6.45, 7) is 0. The Kier molecular flexibility index (Phi) is 1.92. The van der Waals surface area contributed by atoms with Crippen LogP contribution in [0.2, 0.25) is 0 Å². The smallest absolute Gasteiger partial charge is 0.238 e. The lowest BCUT2D eigenvalue weighted by atomic mass is 9.85. The van der Waals surface area contributed by atoms with Crippen molar-refractivity contribution in [2.75, 3.05) is 4.90 Å². The molecule has 1 saturated heterocycles. The first-order valence-corrected chi connectivity index (χ1v) is 5.30. The van der Waals surface area contributed by atoms with Crippen molar-refractivity contribution in [3.05, 3.63) is 24.5 Å². The minimum absolute atomic E-state index is 0.0965. The summed E-state index contributed by atoms with van der Waals surface area (Å²) in [5, 5.41) is 6.38. The van der Waals surface area contributed by atoms with Crippen LogP contribution < -0.4 is 4.90 Å². The Labute approximate surface area is 92.1 Å². The lowest BCUT2D eigenvalue weighted by molar-refractivity contribution is -0.122. The number of nitrogens with one attached hydrogen (secondary N) is 1. The Morgan fingerprint density at radius 2 is 1.81 bits per heavy atom. The van der Waals surface area contributed by atoms with Gasteiger partial charge in [-0.2, -0.15) is 5.10 Å². The average molecular weight is 217 g/mol. The zero-order valence-electron chi connectivity index (χ0n) is 8.59. The summed E-state index contributed by atoms with van der Waals surface area (Å²) in [7, 11) is 0. The van der Waals surface area contributed by atoms with Gasteiger partial charge in [-0.3, -0.25) is 14.7 Å². The largest absolute Gasteiger partial charge is 0.284 e. The van der Waals surface area contributed by atoms with Crippen LogP contribution in [0.15, 0.2) is 24.5 Å². The molecule has 0 unspecified atom stereocenters. The number of rotatable bonds is 1. The van der Waals surface area contributed by atoms with Gasteiger partial charge in [0.1, 0.15) is 0 Å². The van der Waals surface area contributed by atoms with Gasteiger partial charge < -0.3 is 0 Å². The van der Waals surface area contributed by atoms with E-state index in [0.29, 0.717) is 18.5 Å². The zero-order chi connectivity index (χ0) is 11.1. The highest BCUT2D eigenvalue weighted by molar-refractivity contribution is 6.22. The van der Waals surface area contributed by atoms with Crippen molar-refractivity contribution in [1.82, 2.24) is 10.2 Å². The fraction of sp³-hybridized carbons (Fsp3) is 0.364. The fourth-order valence-electron chi connectivity index (χ4n) is 2.42. The van der Waals surface area contributed by atoms with Crippen molar-refractivity contribution in [1.29, 1.82) is 0 Å². The van der Waals surface area contributed by atoms with Gasteiger partial charge >= 0.3 is 0 Å². The van der Waals surface area contributed by atoms with Gasteiger partial charge in [-0.1, -0.05) is 12.2 Å². The van der Waals surface area contributed by atoms with Crippen LogP contribution in [0.25, 0.3) is 0 Å². The van der Waals surface area contributed by atoms with Crippen molar-refractivity contribution < 1.29 is 9.59 Å². The van der Waals surface area contributed by atoms with Gasteiger partial charge in [0.25, 0.3) is 0 Å². The summed E-state index contributed by atoms with van der Waals surface area (Å²) in [4.78, 5) is 25.4. The third kappa shape index (κ3) is 1.14. The number of carbonyl (C=O) groups is 2. The zero-order valence-corrected chi connectivity index (χ0v) is 8.59. The Hall–Kier alpha value is -1.91. The van der Waals surface area contributed by atoms with Crippen molar-refractivity contribution >= 4 is 17.5 Å². The minimum atomic E-state index is -0.174. The highest BCUT2D eigenvalue weighted by Gasteiger charge is 2.47. The molecule has 0 spiro atoms. The van der Waals surface area contributed by atoms with Crippen LogP contribution in [0, 0.1) is 11.8 Å². The van der Waals surface area contributed by atoms with E-state index in [9.17, 15) is 9.59 Å². The highest BCUT2D eigenvalue weighted by Crippen LogP contribution is 2.37. The van der Waals surface area contributed by atoms with E-state index in [1.165, 1.54) is 11.1 Å². The van der Waals surface area contributed by atoms with Crippen LogP contribution in [0.1, 0.15) is 12.8 Å². The van der Waals surface area contributed by atoms with Crippen LogP contribution in [0.3, 0.4) is 0 Å². The molecular formula is C11H11N3O2. The molecule has 1 aliphatic carbocycles. The third-order valence-corrected chi connectivity index (χ3v) is 3.25. The maximum absolute atomic E-state index is 12.1. The Morgan fingerprint density at radius 1 is 1.19 bits per heavy atom. The molecule has 1 N–H and O–H groups in total. The van der Waals surface area contributed by atoms with Crippen LogP contribution in [0.4, 0.5) is 5.69 Å². The van der Waals surface area contributed by atoms with Gasteiger partial charge in [0.05, 0.1) is 23.7 Å². The quantitative estimate of drug-likeness (QED) is 0.560. The second-order valence-corrected chi connectivity index (χ2v) is 4.12. The molecule has 1 aromatic rings. The molecule has 0 aromatic carbocycles. The number of imide groups is 1. The van der Waals surface area contributed by atoms with Crippen molar-refractivity contribution in [3.63, 3.8) is 0 Å². The molecule has 3 rings (SSSR count). The number of hydrogen-bond donors (Lipinski definition) is 1. The van der Waals surface area contributed by atoms with E-state index in [1.807, 2.05) is 12.2 Å². The van der Waals surface area contributed by atoms with E-state index in [2.05, 4.69) is 10.2 Å². The number of nitrogens with zero attached hydrogens (tertiary/aromatic N) is 2. The number of carbonyl (C=O) groups excluding carboxylic acids is 2. The molecule has 1 aliphatic heterocycles. The molecule has 2 heterocycles. The first kappa shape index (κ1) is 9.33. The molecule has 0 bridgehead atoms. The average Bonchev–Trinajstić information content (AvgIpc) is 2.89. The van der Waals surface area contributed by atoms with Crippen LogP contribution in [0.5, 0.6) is 0 Å². The molecule has 2 atom stereocenters. The summed E-state index contributed by atoms with van der Waals surface area (Å²) < 4.78 is 0.